The molecule has 0 amide bonds. The van der Waals surface area contributed by atoms with E-state index in [1.165, 1.54) is 60.9 Å². The normalized spacial score (nSPS) is 16.6. The van der Waals surface area contributed by atoms with Crippen molar-refractivity contribution >= 4 is 33.2 Å². The number of allylic oxidation sites excluding steroid dienone is 3. The van der Waals surface area contributed by atoms with Crippen LogP contribution in [0.2, 0.25) is 0 Å². The highest BCUT2D eigenvalue weighted by molar-refractivity contribution is 6.10. The summed E-state index contributed by atoms with van der Waals surface area (Å²) in [7, 11) is 0. The first-order chi connectivity index (χ1) is 28.3. The third-order valence-corrected chi connectivity index (χ3v) is 12.3. The van der Waals surface area contributed by atoms with Crippen molar-refractivity contribution < 1.29 is 0 Å². The van der Waals surface area contributed by atoms with Crippen LogP contribution in [-0.2, 0) is 5.41 Å². The van der Waals surface area contributed by atoms with Gasteiger partial charge in [0, 0.05) is 45.4 Å². The zero-order valence-corrected chi connectivity index (χ0v) is 31.5. The lowest BCUT2D eigenvalue weighted by Gasteiger charge is -2.40. The highest BCUT2D eigenvalue weighted by atomic mass is 15.1. The topological polar surface area (TPSA) is 8.17 Å². The Bertz CT molecular complexity index is 2900. The number of hydrogen-bond donors (Lipinski definition) is 0. The molecule has 57 heavy (non-hydrogen) atoms. The van der Waals surface area contributed by atoms with Crippen molar-refractivity contribution in [3.63, 3.8) is 0 Å². The average Bonchev–Trinajstić information content (AvgIpc) is 3.78. The maximum atomic E-state index is 2.58. The Kier molecular flexibility index (Phi) is 7.89. The largest absolute Gasteiger partial charge is 0.311 e. The molecule has 0 saturated carbocycles. The van der Waals surface area contributed by atoms with E-state index in [2.05, 4.69) is 240 Å². The maximum Gasteiger partial charge on any atom is 0.0542 e. The second-order valence-electron chi connectivity index (χ2n) is 15.3. The fourth-order valence-electron chi connectivity index (χ4n) is 9.93. The van der Waals surface area contributed by atoms with Crippen LogP contribution in [0.25, 0.3) is 38.6 Å². The van der Waals surface area contributed by atoms with E-state index >= 15 is 0 Å². The Hall–Kier alpha value is -7.16. The summed E-state index contributed by atoms with van der Waals surface area (Å²) in [6.45, 7) is 0. The van der Waals surface area contributed by atoms with Crippen molar-refractivity contribution in [3.05, 3.63) is 259 Å². The molecule has 11 rings (SSSR count). The minimum absolute atomic E-state index is 0.134. The van der Waals surface area contributed by atoms with E-state index in [0.29, 0.717) is 0 Å². The lowest BCUT2D eigenvalue weighted by Crippen LogP contribution is -2.36. The fraction of sp³-hybridized carbons (Fsp3) is 0.0545. The molecule has 2 aliphatic rings. The molecule has 1 aromatic heterocycles. The predicted octanol–water partition coefficient (Wildman–Crippen LogP) is 13.8. The van der Waals surface area contributed by atoms with Gasteiger partial charge in [-0.25, -0.2) is 0 Å². The molecule has 0 radical (unpaired) electrons. The molecule has 2 heteroatoms. The molecule has 0 fully saturated rings. The Balaban J connectivity index is 1.14. The van der Waals surface area contributed by atoms with Gasteiger partial charge in [0.2, 0.25) is 0 Å². The van der Waals surface area contributed by atoms with Crippen molar-refractivity contribution in [1.82, 2.24) is 4.57 Å². The zero-order chi connectivity index (χ0) is 37.8. The molecule has 2 unspecified atom stereocenters. The van der Waals surface area contributed by atoms with Gasteiger partial charge in [0.25, 0.3) is 0 Å². The lowest BCUT2D eigenvalue weighted by atomic mass is 9.63. The monoisotopic (exact) mass is 728 g/mol. The molecule has 0 N–H and O–H groups in total. The number of rotatable bonds is 7. The summed E-state index contributed by atoms with van der Waals surface area (Å²) in [6, 6.07) is 77.7. The molecule has 2 aliphatic carbocycles. The van der Waals surface area contributed by atoms with Crippen LogP contribution in [0.1, 0.15) is 28.2 Å². The van der Waals surface area contributed by atoms with E-state index in [1.807, 2.05) is 0 Å². The number of anilines is 2. The van der Waals surface area contributed by atoms with E-state index in [-0.39, 0.29) is 17.3 Å². The standard InChI is InChI=1S/C55H40N2/c1-5-17-39(18-6-1)40-29-31-44(32-30-40)56(45-34-36-54-50(37-45)49-26-14-16-28-53(49)57(54)43-23-11-4-12-24-43)46-33-35-48-47-25-13-15-27-51(47)55(52(48)38-46,41-19-7-2-8-20-41)42-21-9-3-10-22-42/h1-38,48,52H. The molecule has 2 nitrogen and oxygen atoms in total. The van der Waals surface area contributed by atoms with Crippen LogP contribution >= 0.6 is 0 Å². The van der Waals surface area contributed by atoms with E-state index in [9.17, 15) is 0 Å². The fourth-order valence-corrected chi connectivity index (χ4v) is 9.93. The molecule has 9 aromatic rings. The van der Waals surface area contributed by atoms with Crippen LogP contribution in [0.4, 0.5) is 11.4 Å². The van der Waals surface area contributed by atoms with E-state index < -0.39 is 0 Å². The van der Waals surface area contributed by atoms with Gasteiger partial charge in [0.15, 0.2) is 0 Å². The number of aromatic nitrogens is 1. The Morgan fingerprint density at radius 1 is 0.456 bits per heavy atom. The van der Waals surface area contributed by atoms with Gasteiger partial charge in [-0.3, -0.25) is 0 Å². The Morgan fingerprint density at radius 3 is 1.74 bits per heavy atom. The van der Waals surface area contributed by atoms with Gasteiger partial charge in [0.05, 0.1) is 16.4 Å². The summed E-state index contributed by atoms with van der Waals surface area (Å²) in [5.74, 6) is 0.355. The molecular formula is C55H40N2. The molecule has 0 saturated heterocycles. The first-order valence-corrected chi connectivity index (χ1v) is 19.9. The average molecular weight is 729 g/mol. The molecule has 8 aromatic carbocycles. The smallest absolute Gasteiger partial charge is 0.0542 e. The number of benzene rings is 8. The molecule has 270 valence electrons. The van der Waals surface area contributed by atoms with Crippen molar-refractivity contribution in [3.8, 4) is 16.8 Å². The zero-order valence-electron chi connectivity index (χ0n) is 31.5. The summed E-state index contributed by atoms with van der Waals surface area (Å²) in [5, 5.41) is 2.47. The van der Waals surface area contributed by atoms with Crippen molar-refractivity contribution in [2.24, 2.45) is 5.92 Å². The first kappa shape index (κ1) is 33.2. The Morgan fingerprint density at radius 2 is 1.02 bits per heavy atom. The van der Waals surface area contributed by atoms with E-state index in [1.54, 1.807) is 0 Å². The van der Waals surface area contributed by atoms with Crippen LogP contribution in [-0.4, -0.2) is 4.57 Å². The minimum Gasteiger partial charge on any atom is -0.311 e. The SMILES string of the molecule is C1=CC2c3ccccc3C(c3ccccc3)(c3ccccc3)C2C=C1N(c1ccc(-c2ccccc2)cc1)c1ccc2c(c1)c1ccccc1n2-c1ccccc1. The second kappa shape index (κ2) is 13.5. The molecule has 0 bridgehead atoms. The van der Waals surface area contributed by atoms with Gasteiger partial charge in [-0.2, -0.15) is 0 Å². The molecule has 0 spiro atoms. The second-order valence-corrected chi connectivity index (χ2v) is 15.3. The van der Waals surface area contributed by atoms with Crippen LogP contribution in [0.5, 0.6) is 0 Å². The number of nitrogens with zero attached hydrogens (tertiary/aromatic N) is 2. The van der Waals surface area contributed by atoms with E-state index in [4.69, 9.17) is 0 Å². The quantitative estimate of drug-likeness (QED) is 0.159. The highest BCUT2D eigenvalue weighted by Gasteiger charge is 2.53. The van der Waals surface area contributed by atoms with Crippen LogP contribution in [0.15, 0.2) is 236 Å². The summed E-state index contributed by atoms with van der Waals surface area (Å²) in [4.78, 5) is 2.47. The molecule has 2 atom stereocenters. The van der Waals surface area contributed by atoms with Gasteiger partial charge in [-0.15, -0.1) is 0 Å². The first-order valence-electron chi connectivity index (χ1n) is 19.9. The van der Waals surface area contributed by atoms with Crippen molar-refractivity contribution in [1.29, 1.82) is 0 Å². The molecule has 0 aliphatic heterocycles. The van der Waals surface area contributed by atoms with E-state index in [0.717, 1.165) is 17.1 Å². The number of hydrogen-bond acceptors (Lipinski definition) is 1. The van der Waals surface area contributed by atoms with Crippen LogP contribution in [0.3, 0.4) is 0 Å². The number of para-hydroxylation sites is 2. The van der Waals surface area contributed by atoms with Crippen molar-refractivity contribution in [2.75, 3.05) is 4.90 Å². The van der Waals surface area contributed by atoms with Gasteiger partial charge >= 0.3 is 0 Å². The molecule has 1 heterocycles. The lowest BCUT2D eigenvalue weighted by molar-refractivity contribution is 0.454. The van der Waals surface area contributed by atoms with Gasteiger partial charge in [-0.05, 0) is 88.0 Å². The minimum atomic E-state index is -0.379. The van der Waals surface area contributed by atoms with Gasteiger partial charge in [0.1, 0.15) is 0 Å². The summed E-state index contributed by atoms with van der Waals surface area (Å²) >= 11 is 0. The third-order valence-electron chi connectivity index (χ3n) is 12.3. The number of fused-ring (bicyclic) bond motifs is 6. The maximum absolute atomic E-state index is 2.58. The van der Waals surface area contributed by atoms with Crippen LogP contribution in [0, 0.1) is 5.92 Å². The molecular weight excluding hydrogens is 689 g/mol. The summed E-state index contributed by atoms with van der Waals surface area (Å²) in [5.41, 5.74) is 14.4. The third kappa shape index (κ3) is 5.25. The summed E-state index contributed by atoms with van der Waals surface area (Å²) < 4.78 is 2.39. The predicted molar refractivity (Wildman–Crippen MR) is 237 cm³/mol. The van der Waals surface area contributed by atoms with Crippen molar-refractivity contribution in [2.45, 2.75) is 11.3 Å². The highest BCUT2D eigenvalue weighted by Crippen LogP contribution is 2.60. The van der Waals surface area contributed by atoms with Gasteiger partial charge in [-0.1, -0.05) is 176 Å². The Labute approximate surface area is 333 Å². The van der Waals surface area contributed by atoms with Gasteiger partial charge < -0.3 is 9.47 Å². The van der Waals surface area contributed by atoms with Crippen LogP contribution < -0.4 is 4.90 Å². The summed E-state index contributed by atoms with van der Waals surface area (Å²) in [6.07, 6.45) is 7.41.